The van der Waals surface area contributed by atoms with Gasteiger partial charge in [-0.2, -0.15) is 0 Å². The monoisotopic (exact) mass is 361 g/mol. The van der Waals surface area contributed by atoms with Gasteiger partial charge >= 0.3 is 0 Å². The first-order valence-corrected chi connectivity index (χ1v) is 9.26. The quantitative estimate of drug-likeness (QED) is 0.760. The number of ether oxygens (including phenoxy) is 1. The molecule has 0 aliphatic carbocycles. The molecule has 0 bridgehead atoms. The molecule has 2 aromatic carbocycles. The number of nitrogens with zero attached hydrogens (tertiary/aromatic N) is 3. The van der Waals surface area contributed by atoms with Crippen molar-refractivity contribution >= 4 is 5.82 Å². The van der Waals surface area contributed by atoms with E-state index in [1.807, 2.05) is 18.2 Å². The zero-order chi connectivity index (χ0) is 18.8. The summed E-state index contributed by atoms with van der Waals surface area (Å²) in [4.78, 5) is 10.9. The minimum Gasteiger partial charge on any atom is -0.504 e. The second kappa shape index (κ2) is 7.27. The van der Waals surface area contributed by atoms with E-state index < -0.39 is 0 Å². The van der Waals surface area contributed by atoms with Crippen molar-refractivity contribution in [3.63, 3.8) is 0 Å². The fourth-order valence-corrected chi connectivity index (χ4v) is 3.50. The SMILES string of the molecule is CCc1cc(N2CCOc3c(O)cc(-c4ccccc4C)cc3C2)ncn1. The molecule has 3 aromatic rings. The molecule has 0 spiro atoms. The topological polar surface area (TPSA) is 58.5 Å². The first kappa shape index (κ1) is 17.3. The van der Waals surface area contributed by atoms with Crippen LogP contribution in [0.1, 0.15) is 23.7 Å². The molecule has 4 rings (SSSR count). The highest BCUT2D eigenvalue weighted by atomic mass is 16.5. The third kappa shape index (κ3) is 3.45. The molecule has 5 heteroatoms. The number of hydrogen-bond donors (Lipinski definition) is 1. The number of benzene rings is 2. The van der Waals surface area contributed by atoms with Crippen LogP contribution >= 0.6 is 0 Å². The van der Waals surface area contributed by atoms with Crippen molar-refractivity contribution in [2.45, 2.75) is 26.8 Å². The Morgan fingerprint density at radius 2 is 2.00 bits per heavy atom. The fourth-order valence-electron chi connectivity index (χ4n) is 3.50. The van der Waals surface area contributed by atoms with Gasteiger partial charge in [0, 0.05) is 23.9 Å². The molecule has 0 saturated carbocycles. The van der Waals surface area contributed by atoms with E-state index >= 15 is 0 Å². The first-order chi connectivity index (χ1) is 13.2. The smallest absolute Gasteiger partial charge is 0.166 e. The van der Waals surface area contributed by atoms with E-state index in [4.69, 9.17) is 4.74 Å². The van der Waals surface area contributed by atoms with E-state index in [9.17, 15) is 5.11 Å². The molecule has 1 aromatic heterocycles. The number of rotatable bonds is 3. The fraction of sp³-hybridized carbons (Fsp3) is 0.273. The summed E-state index contributed by atoms with van der Waals surface area (Å²) in [6, 6.07) is 14.1. The predicted molar refractivity (Wildman–Crippen MR) is 106 cm³/mol. The third-order valence-corrected chi connectivity index (χ3v) is 4.97. The van der Waals surface area contributed by atoms with Crippen molar-refractivity contribution < 1.29 is 9.84 Å². The average molecular weight is 361 g/mol. The number of hydrogen-bond acceptors (Lipinski definition) is 5. The highest BCUT2D eigenvalue weighted by molar-refractivity contribution is 5.72. The van der Waals surface area contributed by atoms with Gasteiger partial charge in [0.1, 0.15) is 18.8 Å². The molecule has 2 heterocycles. The summed E-state index contributed by atoms with van der Waals surface area (Å²) in [6.45, 7) is 5.99. The summed E-state index contributed by atoms with van der Waals surface area (Å²) in [5.74, 6) is 1.64. The molecule has 0 saturated heterocycles. The molecule has 138 valence electrons. The van der Waals surface area contributed by atoms with Crippen molar-refractivity contribution in [2.75, 3.05) is 18.1 Å². The molecule has 0 radical (unpaired) electrons. The van der Waals surface area contributed by atoms with Crippen molar-refractivity contribution in [2.24, 2.45) is 0 Å². The molecule has 0 atom stereocenters. The number of phenols is 1. The van der Waals surface area contributed by atoms with Crippen molar-refractivity contribution in [3.05, 3.63) is 65.6 Å². The normalized spacial score (nSPS) is 13.6. The number of aromatic nitrogens is 2. The highest BCUT2D eigenvalue weighted by Crippen LogP contribution is 2.38. The van der Waals surface area contributed by atoms with Crippen LogP contribution in [0, 0.1) is 6.92 Å². The van der Waals surface area contributed by atoms with Crippen molar-refractivity contribution in [1.82, 2.24) is 9.97 Å². The maximum atomic E-state index is 10.6. The van der Waals surface area contributed by atoms with Gasteiger partial charge in [0.2, 0.25) is 0 Å². The van der Waals surface area contributed by atoms with Gasteiger partial charge in [-0.1, -0.05) is 31.2 Å². The van der Waals surface area contributed by atoms with Crippen LogP contribution in [0.5, 0.6) is 11.5 Å². The zero-order valence-electron chi connectivity index (χ0n) is 15.6. The Labute approximate surface area is 159 Å². The Bertz CT molecular complexity index is 972. The van der Waals surface area contributed by atoms with Crippen LogP contribution in [-0.2, 0) is 13.0 Å². The Balaban J connectivity index is 1.74. The summed E-state index contributed by atoms with van der Waals surface area (Å²) in [5.41, 5.74) is 5.25. The minimum atomic E-state index is 0.185. The number of aryl methyl sites for hydroxylation is 2. The maximum absolute atomic E-state index is 10.6. The molecule has 1 aliphatic rings. The predicted octanol–water partition coefficient (Wildman–Crippen LogP) is 4.12. The largest absolute Gasteiger partial charge is 0.504 e. The van der Waals surface area contributed by atoms with Crippen molar-refractivity contribution in [1.29, 1.82) is 0 Å². The van der Waals surface area contributed by atoms with Gasteiger partial charge in [0.05, 0.1) is 6.54 Å². The third-order valence-electron chi connectivity index (χ3n) is 4.97. The molecule has 0 amide bonds. The summed E-state index contributed by atoms with van der Waals surface area (Å²) in [5, 5.41) is 10.6. The average Bonchev–Trinajstić information content (AvgIpc) is 2.91. The van der Waals surface area contributed by atoms with Crippen LogP contribution in [0.15, 0.2) is 48.8 Å². The van der Waals surface area contributed by atoms with Gasteiger partial charge in [-0.15, -0.1) is 0 Å². The summed E-state index contributed by atoms with van der Waals surface area (Å²) < 4.78 is 5.87. The standard InChI is InChI=1S/C22H23N3O2/c1-3-18-12-21(24-14-23-18)25-8-9-27-22-17(13-25)10-16(11-20(22)26)19-7-5-4-6-15(19)2/h4-7,10-12,14,26H,3,8-9,13H2,1-2H3. The van der Waals surface area contributed by atoms with Crippen molar-refractivity contribution in [3.8, 4) is 22.6 Å². The number of aromatic hydroxyl groups is 1. The highest BCUT2D eigenvalue weighted by Gasteiger charge is 2.21. The van der Waals surface area contributed by atoms with Gasteiger partial charge in [0.15, 0.2) is 11.5 Å². The second-order valence-electron chi connectivity index (χ2n) is 6.79. The molecule has 1 aliphatic heterocycles. The van der Waals surface area contributed by atoms with Gasteiger partial charge in [0.25, 0.3) is 0 Å². The van der Waals surface area contributed by atoms with Gasteiger partial charge in [-0.05, 0) is 42.2 Å². The first-order valence-electron chi connectivity index (χ1n) is 9.26. The van der Waals surface area contributed by atoms with E-state index in [0.717, 1.165) is 34.6 Å². The lowest BCUT2D eigenvalue weighted by molar-refractivity contribution is 0.311. The molecule has 1 N–H and O–H groups in total. The Hall–Kier alpha value is -3.08. The lowest BCUT2D eigenvalue weighted by Gasteiger charge is -2.21. The zero-order valence-corrected chi connectivity index (χ0v) is 15.6. The van der Waals surface area contributed by atoms with Gasteiger partial charge < -0.3 is 14.7 Å². The summed E-state index contributed by atoms with van der Waals surface area (Å²) >= 11 is 0. The number of anilines is 1. The molecular formula is C22H23N3O2. The molecule has 5 nitrogen and oxygen atoms in total. The van der Waals surface area contributed by atoms with E-state index in [0.29, 0.717) is 25.4 Å². The molecule has 0 fully saturated rings. The van der Waals surface area contributed by atoms with E-state index in [2.05, 4.69) is 46.9 Å². The number of phenolic OH excluding ortho intramolecular Hbond substituents is 1. The Morgan fingerprint density at radius 1 is 1.15 bits per heavy atom. The van der Waals surface area contributed by atoms with Crippen LogP contribution < -0.4 is 9.64 Å². The van der Waals surface area contributed by atoms with Crippen LogP contribution in [0.25, 0.3) is 11.1 Å². The van der Waals surface area contributed by atoms with Crippen LogP contribution in [-0.4, -0.2) is 28.2 Å². The lowest BCUT2D eigenvalue weighted by Crippen LogP contribution is -2.26. The minimum absolute atomic E-state index is 0.185. The number of fused-ring (bicyclic) bond motifs is 1. The van der Waals surface area contributed by atoms with Gasteiger partial charge in [-0.3, -0.25) is 0 Å². The van der Waals surface area contributed by atoms with E-state index in [-0.39, 0.29) is 5.75 Å². The molecular weight excluding hydrogens is 338 g/mol. The van der Waals surface area contributed by atoms with E-state index in [1.54, 1.807) is 12.4 Å². The van der Waals surface area contributed by atoms with Gasteiger partial charge in [-0.25, -0.2) is 9.97 Å². The lowest BCUT2D eigenvalue weighted by atomic mass is 9.98. The van der Waals surface area contributed by atoms with Crippen LogP contribution in [0.4, 0.5) is 5.82 Å². The van der Waals surface area contributed by atoms with Crippen LogP contribution in [0.3, 0.4) is 0 Å². The second-order valence-corrected chi connectivity index (χ2v) is 6.79. The maximum Gasteiger partial charge on any atom is 0.166 e. The van der Waals surface area contributed by atoms with E-state index in [1.165, 1.54) is 5.56 Å². The molecule has 27 heavy (non-hydrogen) atoms. The Kier molecular flexibility index (Phi) is 4.67. The summed E-state index contributed by atoms with van der Waals surface area (Å²) in [7, 11) is 0. The Morgan fingerprint density at radius 3 is 2.81 bits per heavy atom. The summed E-state index contributed by atoms with van der Waals surface area (Å²) in [6.07, 6.45) is 2.48. The van der Waals surface area contributed by atoms with Crippen LogP contribution in [0.2, 0.25) is 0 Å². The molecule has 0 unspecified atom stereocenters.